The van der Waals surface area contributed by atoms with Crippen LogP contribution in [0, 0.1) is 13.8 Å². The van der Waals surface area contributed by atoms with E-state index in [4.69, 9.17) is 5.73 Å². The number of amides is 2. The third-order valence-electron chi connectivity index (χ3n) is 5.64. The third-order valence-corrected chi connectivity index (χ3v) is 5.64. The first kappa shape index (κ1) is 20.9. The number of carbonyl (C=O) groups excluding carboxylic acids is 2. The lowest BCUT2D eigenvalue weighted by Crippen LogP contribution is -2.51. The van der Waals surface area contributed by atoms with Gasteiger partial charge in [-0.05, 0) is 80.0 Å². The average Bonchev–Trinajstić information content (AvgIpc) is 3.07. The summed E-state index contributed by atoms with van der Waals surface area (Å²) < 4.78 is 0. The van der Waals surface area contributed by atoms with E-state index in [-0.39, 0.29) is 23.6 Å². The van der Waals surface area contributed by atoms with Gasteiger partial charge in [-0.3, -0.25) is 9.59 Å². The first-order valence-electron chi connectivity index (χ1n) is 9.99. The van der Waals surface area contributed by atoms with Crippen LogP contribution in [0.3, 0.4) is 0 Å². The summed E-state index contributed by atoms with van der Waals surface area (Å²) >= 11 is 0. The minimum absolute atomic E-state index is 0.0194. The molecule has 1 aliphatic rings. The second-order valence-electron chi connectivity index (χ2n) is 7.90. The van der Waals surface area contributed by atoms with Crippen molar-refractivity contribution < 1.29 is 14.7 Å². The van der Waals surface area contributed by atoms with Gasteiger partial charge in [0.2, 0.25) is 11.8 Å². The number of rotatable bonds is 6. The van der Waals surface area contributed by atoms with Gasteiger partial charge >= 0.3 is 0 Å². The Hall–Kier alpha value is -2.86. The molecule has 0 heterocycles. The van der Waals surface area contributed by atoms with E-state index in [0.29, 0.717) is 6.42 Å². The molecule has 0 saturated carbocycles. The number of phenols is 1. The van der Waals surface area contributed by atoms with Gasteiger partial charge in [-0.25, -0.2) is 0 Å². The SMILES string of the molecule is Cc1cc(O)cc(C)c1CC(N)C(=O)N[C@H](C)C(=O)NC1CCc2ccccc21. The van der Waals surface area contributed by atoms with Crippen molar-refractivity contribution in [2.45, 2.75) is 58.2 Å². The molecule has 29 heavy (non-hydrogen) atoms. The van der Waals surface area contributed by atoms with Gasteiger partial charge in [-0.1, -0.05) is 24.3 Å². The normalized spacial score (nSPS) is 17.3. The Labute approximate surface area is 171 Å². The lowest BCUT2D eigenvalue weighted by Gasteiger charge is -2.21. The molecule has 2 aromatic rings. The highest BCUT2D eigenvalue weighted by Gasteiger charge is 2.27. The van der Waals surface area contributed by atoms with Crippen molar-refractivity contribution in [3.63, 3.8) is 0 Å². The van der Waals surface area contributed by atoms with Gasteiger partial charge < -0.3 is 21.5 Å². The average molecular weight is 396 g/mol. The third kappa shape index (κ3) is 4.77. The molecule has 0 aromatic heterocycles. The van der Waals surface area contributed by atoms with Crippen molar-refractivity contribution in [3.8, 4) is 5.75 Å². The van der Waals surface area contributed by atoms with Crippen LogP contribution in [0.25, 0.3) is 0 Å². The van der Waals surface area contributed by atoms with Crippen LogP contribution in [0.4, 0.5) is 0 Å². The number of nitrogens with one attached hydrogen (secondary N) is 2. The zero-order valence-corrected chi connectivity index (χ0v) is 17.2. The lowest BCUT2D eigenvalue weighted by molar-refractivity contribution is -0.129. The summed E-state index contributed by atoms with van der Waals surface area (Å²) in [5.74, 6) is -0.392. The van der Waals surface area contributed by atoms with Crippen LogP contribution in [0.2, 0.25) is 0 Å². The molecule has 0 radical (unpaired) electrons. The van der Waals surface area contributed by atoms with Gasteiger partial charge in [0.1, 0.15) is 11.8 Å². The van der Waals surface area contributed by atoms with E-state index in [0.717, 1.165) is 35.1 Å². The summed E-state index contributed by atoms with van der Waals surface area (Å²) in [5, 5.41) is 15.4. The Morgan fingerprint density at radius 3 is 2.52 bits per heavy atom. The minimum Gasteiger partial charge on any atom is -0.508 e. The van der Waals surface area contributed by atoms with Crippen LogP contribution in [0.5, 0.6) is 5.75 Å². The van der Waals surface area contributed by atoms with Crippen molar-refractivity contribution >= 4 is 11.8 Å². The summed E-state index contributed by atoms with van der Waals surface area (Å²) in [7, 11) is 0. The number of hydrogen-bond acceptors (Lipinski definition) is 4. The van der Waals surface area contributed by atoms with Crippen LogP contribution in [-0.2, 0) is 22.4 Å². The molecule has 5 N–H and O–H groups in total. The maximum atomic E-state index is 12.6. The molecule has 0 spiro atoms. The molecule has 0 saturated heterocycles. The summed E-state index contributed by atoms with van der Waals surface area (Å²) in [5.41, 5.74) is 11.2. The quantitative estimate of drug-likeness (QED) is 0.602. The van der Waals surface area contributed by atoms with Crippen molar-refractivity contribution in [1.82, 2.24) is 10.6 Å². The fraction of sp³-hybridized carbons (Fsp3) is 0.391. The van der Waals surface area contributed by atoms with Crippen LogP contribution >= 0.6 is 0 Å². The molecule has 0 fully saturated rings. The van der Waals surface area contributed by atoms with Gasteiger partial charge in [0.25, 0.3) is 0 Å². The number of nitrogens with two attached hydrogens (primary N) is 1. The summed E-state index contributed by atoms with van der Waals surface area (Å²) in [4.78, 5) is 25.1. The molecule has 0 aliphatic heterocycles. The molecule has 3 atom stereocenters. The minimum atomic E-state index is -0.778. The largest absolute Gasteiger partial charge is 0.508 e. The van der Waals surface area contributed by atoms with Crippen molar-refractivity contribution in [2.24, 2.45) is 5.73 Å². The topological polar surface area (TPSA) is 104 Å². The van der Waals surface area contributed by atoms with E-state index in [1.807, 2.05) is 32.0 Å². The second kappa shape index (κ2) is 8.66. The Morgan fingerprint density at radius 2 is 1.83 bits per heavy atom. The number of benzene rings is 2. The fourth-order valence-electron chi connectivity index (χ4n) is 3.99. The molecule has 2 aromatic carbocycles. The van der Waals surface area contributed by atoms with Crippen LogP contribution in [0.1, 0.15) is 47.2 Å². The summed E-state index contributed by atoms with van der Waals surface area (Å²) in [6.45, 7) is 5.42. The Bertz CT molecular complexity index is 902. The maximum absolute atomic E-state index is 12.6. The monoisotopic (exact) mass is 395 g/mol. The van der Waals surface area contributed by atoms with Crippen LogP contribution < -0.4 is 16.4 Å². The molecule has 154 valence electrons. The van der Waals surface area contributed by atoms with E-state index >= 15 is 0 Å². The molecule has 6 heteroatoms. The number of aryl methyl sites for hydroxylation is 3. The fourth-order valence-corrected chi connectivity index (χ4v) is 3.99. The molecule has 2 amide bonds. The maximum Gasteiger partial charge on any atom is 0.242 e. The first-order valence-corrected chi connectivity index (χ1v) is 9.99. The molecule has 2 unspecified atom stereocenters. The van der Waals surface area contributed by atoms with E-state index in [2.05, 4.69) is 16.7 Å². The van der Waals surface area contributed by atoms with E-state index in [9.17, 15) is 14.7 Å². The van der Waals surface area contributed by atoms with Gasteiger partial charge in [0.15, 0.2) is 0 Å². The first-order chi connectivity index (χ1) is 13.8. The van der Waals surface area contributed by atoms with Crippen LogP contribution in [-0.4, -0.2) is 29.0 Å². The lowest BCUT2D eigenvalue weighted by atomic mass is 9.96. The zero-order valence-electron chi connectivity index (χ0n) is 17.2. The number of hydrogen-bond donors (Lipinski definition) is 4. The van der Waals surface area contributed by atoms with Gasteiger partial charge in [0.05, 0.1) is 12.1 Å². The summed E-state index contributed by atoms with van der Waals surface area (Å²) in [6, 6.07) is 9.93. The van der Waals surface area contributed by atoms with Crippen molar-refractivity contribution in [2.75, 3.05) is 0 Å². The van der Waals surface area contributed by atoms with E-state index in [1.165, 1.54) is 5.56 Å². The predicted octanol–water partition coefficient (Wildman–Crippen LogP) is 2.19. The number of phenolic OH excluding ortho intramolecular Hbond substituents is 1. The molecule has 3 rings (SSSR count). The van der Waals surface area contributed by atoms with E-state index < -0.39 is 12.1 Å². The Morgan fingerprint density at radius 1 is 1.17 bits per heavy atom. The zero-order chi connectivity index (χ0) is 21.1. The molecular formula is C23H29N3O3. The second-order valence-corrected chi connectivity index (χ2v) is 7.90. The molecule has 1 aliphatic carbocycles. The number of carbonyl (C=O) groups is 2. The van der Waals surface area contributed by atoms with Gasteiger partial charge in [0, 0.05) is 0 Å². The standard InChI is InChI=1S/C23H29N3O3/c1-13-10-17(27)11-14(2)19(13)12-20(24)23(29)25-15(3)22(28)26-21-9-8-16-6-4-5-7-18(16)21/h4-7,10-11,15,20-21,27H,8-9,12,24H2,1-3H3,(H,25,29)(H,26,28)/t15-,20?,21?/m1/s1. The highest BCUT2D eigenvalue weighted by molar-refractivity contribution is 5.89. The van der Waals surface area contributed by atoms with E-state index in [1.54, 1.807) is 19.1 Å². The molecular weight excluding hydrogens is 366 g/mol. The van der Waals surface area contributed by atoms with Crippen molar-refractivity contribution in [3.05, 3.63) is 64.2 Å². The Balaban J connectivity index is 1.57. The number of fused-ring (bicyclic) bond motifs is 1. The summed E-state index contributed by atoms with van der Waals surface area (Å²) in [6.07, 6.45) is 2.15. The smallest absolute Gasteiger partial charge is 0.242 e. The number of aromatic hydroxyl groups is 1. The predicted molar refractivity (Wildman–Crippen MR) is 113 cm³/mol. The van der Waals surface area contributed by atoms with Crippen LogP contribution in [0.15, 0.2) is 36.4 Å². The Kier molecular flexibility index (Phi) is 6.23. The highest BCUT2D eigenvalue weighted by Crippen LogP contribution is 2.30. The van der Waals surface area contributed by atoms with Gasteiger partial charge in [-0.15, -0.1) is 0 Å². The molecule has 6 nitrogen and oxygen atoms in total. The van der Waals surface area contributed by atoms with Crippen molar-refractivity contribution in [1.29, 1.82) is 0 Å². The highest BCUT2D eigenvalue weighted by atomic mass is 16.3. The molecule has 0 bridgehead atoms. The van der Waals surface area contributed by atoms with Gasteiger partial charge in [-0.2, -0.15) is 0 Å².